The van der Waals surface area contributed by atoms with Gasteiger partial charge in [0.25, 0.3) is 5.95 Å². The second-order valence-corrected chi connectivity index (χ2v) is 9.76. The molecule has 1 atom stereocenters. The molecule has 1 unspecified atom stereocenters. The number of carbonyl (C=O) groups is 1. The maximum atomic E-state index is 14.2. The molecule has 174 valence electrons. The van der Waals surface area contributed by atoms with Gasteiger partial charge in [-0.1, -0.05) is 18.2 Å². The number of benzene rings is 2. The highest BCUT2D eigenvalue weighted by Crippen LogP contribution is 2.41. The number of ether oxygens (including phenoxy) is 1. The molecule has 1 fully saturated rings. The molecule has 1 aliphatic rings. The first-order chi connectivity index (χ1) is 15.6. The van der Waals surface area contributed by atoms with Crippen molar-refractivity contribution in [3.63, 3.8) is 0 Å². The minimum atomic E-state index is -3.86. The van der Waals surface area contributed by atoms with Crippen LogP contribution in [-0.2, 0) is 10.0 Å². The molecule has 7 nitrogen and oxygen atoms in total. The zero-order valence-corrected chi connectivity index (χ0v) is 18.7. The molecule has 0 aliphatic heterocycles. The third kappa shape index (κ3) is 5.70. The molecule has 2 aromatic carbocycles. The van der Waals surface area contributed by atoms with E-state index in [0.717, 1.165) is 24.0 Å². The lowest BCUT2D eigenvalue weighted by Gasteiger charge is -2.15. The van der Waals surface area contributed by atoms with Gasteiger partial charge < -0.3 is 14.5 Å². The average Bonchev–Trinajstić information content (AvgIpc) is 3.49. The number of hydrogen-bond acceptors (Lipinski definition) is 5. The predicted molar refractivity (Wildman–Crippen MR) is 119 cm³/mol. The van der Waals surface area contributed by atoms with Crippen LogP contribution in [0.15, 0.2) is 52.9 Å². The summed E-state index contributed by atoms with van der Waals surface area (Å²) < 4.78 is 63.5. The molecular weight excluding hydrogens is 454 g/mol. The smallest absolute Gasteiger partial charge is 0.415 e. The molecule has 1 amide bonds. The first-order valence-electron chi connectivity index (χ1n) is 10.2. The fourth-order valence-electron chi connectivity index (χ4n) is 3.40. The van der Waals surface area contributed by atoms with Crippen LogP contribution in [0.3, 0.4) is 0 Å². The summed E-state index contributed by atoms with van der Waals surface area (Å²) in [4.78, 5) is 12.2. The Balaban J connectivity index is 1.40. The summed E-state index contributed by atoms with van der Waals surface area (Å²) in [5.41, 5.74) is 1.41. The number of carbonyl (C=O) groups excluding carboxylic acids is 1. The maximum absolute atomic E-state index is 14.2. The summed E-state index contributed by atoms with van der Waals surface area (Å²) in [6.07, 6.45) is 2.26. The minimum Gasteiger partial charge on any atom is -0.425 e. The van der Waals surface area contributed by atoms with Gasteiger partial charge in [-0.25, -0.2) is 22.0 Å². The molecule has 1 aromatic heterocycles. The van der Waals surface area contributed by atoms with Gasteiger partial charge in [-0.05, 0) is 61.1 Å². The van der Waals surface area contributed by atoms with E-state index in [9.17, 15) is 22.0 Å². The Morgan fingerprint density at radius 3 is 2.45 bits per heavy atom. The van der Waals surface area contributed by atoms with Crippen molar-refractivity contribution >= 4 is 21.8 Å². The maximum Gasteiger partial charge on any atom is 0.415 e. The van der Waals surface area contributed by atoms with E-state index in [0.29, 0.717) is 11.7 Å². The second kappa shape index (κ2) is 8.86. The van der Waals surface area contributed by atoms with Crippen LogP contribution in [-0.4, -0.2) is 20.8 Å². The topological polar surface area (TPSA) is 97.6 Å². The lowest BCUT2D eigenvalue weighted by atomic mass is 10.1. The number of amides is 1. The number of hydrogen-bond donors (Lipinski definition) is 2. The van der Waals surface area contributed by atoms with Gasteiger partial charge in [0.15, 0.2) is 11.6 Å². The number of furan rings is 1. The van der Waals surface area contributed by atoms with Gasteiger partial charge in [-0.15, -0.1) is 0 Å². The number of rotatable bonds is 7. The highest BCUT2D eigenvalue weighted by Gasteiger charge is 2.24. The van der Waals surface area contributed by atoms with E-state index in [4.69, 9.17) is 9.15 Å². The van der Waals surface area contributed by atoms with Gasteiger partial charge in [0.2, 0.25) is 10.0 Å². The Morgan fingerprint density at radius 1 is 1.12 bits per heavy atom. The Labute approximate surface area is 189 Å². The standard InChI is InChI=1S/C23H22F2N2O5S/c1-13(17-11-18(24)22(19(25)12-17)27-33(2,29)30)26-23(28)32-21-9-8-20(31-21)16-5-3-4-15(10-16)14-6-7-14/h3-5,8-14,27H,6-7H2,1-2H3,(H,26,28). The van der Waals surface area contributed by atoms with Crippen LogP contribution in [0.2, 0.25) is 0 Å². The van der Waals surface area contributed by atoms with E-state index >= 15 is 0 Å². The molecule has 1 saturated carbocycles. The van der Waals surface area contributed by atoms with Crippen molar-refractivity contribution in [1.82, 2.24) is 5.32 Å². The first-order valence-corrected chi connectivity index (χ1v) is 12.1. The fourth-order valence-corrected chi connectivity index (χ4v) is 3.97. The van der Waals surface area contributed by atoms with Crippen molar-refractivity contribution < 1.29 is 31.1 Å². The van der Waals surface area contributed by atoms with Crippen molar-refractivity contribution in [3.8, 4) is 17.3 Å². The molecule has 10 heteroatoms. The van der Waals surface area contributed by atoms with Crippen molar-refractivity contribution in [2.24, 2.45) is 0 Å². The van der Waals surface area contributed by atoms with E-state index in [-0.39, 0.29) is 11.5 Å². The normalized spacial score (nSPS) is 14.5. The lowest BCUT2D eigenvalue weighted by Crippen LogP contribution is -2.29. The average molecular weight is 477 g/mol. The van der Waals surface area contributed by atoms with E-state index in [2.05, 4.69) is 11.4 Å². The van der Waals surface area contributed by atoms with Gasteiger partial charge in [0.05, 0.1) is 12.3 Å². The third-order valence-electron chi connectivity index (χ3n) is 5.18. The fraction of sp³-hybridized carbons (Fsp3) is 0.261. The molecular formula is C23H22F2N2O5S. The monoisotopic (exact) mass is 476 g/mol. The SMILES string of the molecule is CC(NC(=O)Oc1ccc(-c2cccc(C3CC3)c2)o1)c1cc(F)c(NS(C)(=O)=O)c(F)c1. The van der Waals surface area contributed by atoms with Crippen molar-refractivity contribution in [2.45, 2.75) is 31.7 Å². The summed E-state index contributed by atoms with van der Waals surface area (Å²) >= 11 is 0. The highest BCUT2D eigenvalue weighted by atomic mass is 32.2. The van der Waals surface area contributed by atoms with E-state index < -0.39 is 39.5 Å². The van der Waals surface area contributed by atoms with Gasteiger partial charge in [-0.3, -0.25) is 4.72 Å². The van der Waals surface area contributed by atoms with Crippen LogP contribution in [0.1, 0.15) is 42.9 Å². The molecule has 33 heavy (non-hydrogen) atoms. The summed E-state index contributed by atoms with van der Waals surface area (Å²) in [5.74, 6) is -1.11. The largest absolute Gasteiger partial charge is 0.425 e. The predicted octanol–water partition coefficient (Wildman–Crippen LogP) is 5.32. The van der Waals surface area contributed by atoms with Gasteiger partial charge in [0, 0.05) is 11.6 Å². The third-order valence-corrected chi connectivity index (χ3v) is 5.76. The number of anilines is 1. The molecule has 0 bridgehead atoms. The Kier molecular flexibility index (Phi) is 6.11. The molecule has 1 aliphatic carbocycles. The molecule has 3 aromatic rings. The van der Waals surface area contributed by atoms with Gasteiger partial charge >= 0.3 is 6.09 Å². The highest BCUT2D eigenvalue weighted by molar-refractivity contribution is 7.92. The van der Waals surface area contributed by atoms with Gasteiger partial charge in [-0.2, -0.15) is 0 Å². The zero-order valence-electron chi connectivity index (χ0n) is 17.9. The van der Waals surface area contributed by atoms with Crippen molar-refractivity contribution in [1.29, 1.82) is 0 Å². The molecule has 4 rings (SSSR count). The van der Waals surface area contributed by atoms with E-state index in [1.807, 2.05) is 18.2 Å². The Bertz CT molecular complexity index is 1280. The lowest BCUT2D eigenvalue weighted by molar-refractivity contribution is 0.184. The van der Waals surface area contributed by atoms with Gasteiger partial charge in [0.1, 0.15) is 11.4 Å². The van der Waals surface area contributed by atoms with Crippen LogP contribution in [0.4, 0.5) is 19.3 Å². The molecule has 2 N–H and O–H groups in total. The Hall–Kier alpha value is -3.40. The number of nitrogens with one attached hydrogen (secondary N) is 2. The molecule has 1 heterocycles. The first kappa shape index (κ1) is 22.8. The number of halogens is 2. The van der Waals surface area contributed by atoms with Crippen LogP contribution >= 0.6 is 0 Å². The Morgan fingerprint density at radius 2 is 1.82 bits per heavy atom. The second-order valence-electron chi connectivity index (χ2n) is 8.01. The van der Waals surface area contributed by atoms with E-state index in [1.54, 1.807) is 10.8 Å². The van der Waals surface area contributed by atoms with Crippen LogP contribution < -0.4 is 14.8 Å². The molecule has 0 spiro atoms. The van der Waals surface area contributed by atoms with Crippen LogP contribution in [0.25, 0.3) is 11.3 Å². The molecule has 0 saturated heterocycles. The number of sulfonamides is 1. The van der Waals surface area contributed by atoms with Crippen LogP contribution in [0.5, 0.6) is 5.95 Å². The summed E-state index contributed by atoms with van der Waals surface area (Å²) in [6.45, 7) is 1.50. The van der Waals surface area contributed by atoms with E-state index in [1.165, 1.54) is 31.4 Å². The van der Waals surface area contributed by atoms with Crippen molar-refractivity contribution in [3.05, 3.63) is 71.3 Å². The van der Waals surface area contributed by atoms with Crippen LogP contribution in [0, 0.1) is 11.6 Å². The zero-order chi connectivity index (χ0) is 23.8. The minimum absolute atomic E-state index is 0.0309. The summed E-state index contributed by atoms with van der Waals surface area (Å²) in [6, 6.07) is 12.2. The quantitative estimate of drug-likeness (QED) is 0.481. The summed E-state index contributed by atoms with van der Waals surface area (Å²) in [5, 5.41) is 2.46. The molecule has 0 radical (unpaired) electrons. The van der Waals surface area contributed by atoms with Crippen molar-refractivity contribution in [2.75, 3.05) is 11.0 Å². The summed E-state index contributed by atoms with van der Waals surface area (Å²) in [7, 11) is -3.86.